The second-order valence-electron chi connectivity index (χ2n) is 7.65. The zero-order chi connectivity index (χ0) is 21.2. The minimum absolute atomic E-state index is 0.0664. The van der Waals surface area contributed by atoms with Crippen molar-refractivity contribution in [3.05, 3.63) is 59.2 Å². The van der Waals surface area contributed by atoms with Gasteiger partial charge in [0, 0.05) is 13.5 Å². The van der Waals surface area contributed by atoms with Crippen molar-refractivity contribution in [2.24, 2.45) is 5.14 Å². The molecule has 156 valence electrons. The zero-order valence-corrected chi connectivity index (χ0v) is 17.9. The number of sulfonamides is 1. The average Bonchev–Trinajstić information content (AvgIpc) is 2.71. The highest BCUT2D eigenvalue weighted by molar-refractivity contribution is 7.89. The maximum atomic E-state index is 13.0. The fraction of sp³-hybridized carbons (Fsp3) is 0.409. The first-order chi connectivity index (χ1) is 13.7. The zero-order valence-electron chi connectivity index (χ0n) is 17.1. The average molecular weight is 417 g/mol. The van der Waals surface area contributed by atoms with Crippen LogP contribution in [0.4, 0.5) is 0 Å². The summed E-state index contributed by atoms with van der Waals surface area (Å²) in [4.78, 5) is 14.8. The van der Waals surface area contributed by atoms with Crippen molar-refractivity contribution in [1.82, 2.24) is 4.90 Å². The van der Waals surface area contributed by atoms with Crippen LogP contribution < -0.4 is 9.88 Å². The molecule has 1 aliphatic carbocycles. The number of benzene rings is 2. The van der Waals surface area contributed by atoms with Gasteiger partial charge in [-0.3, -0.25) is 4.79 Å². The molecular formula is C22H28N2O4S. The lowest BCUT2D eigenvalue weighted by molar-refractivity contribution is -0.132. The number of carbonyl (C=O) groups excluding carboxylic acids is 1. The number of primary sulfonamides is 1. The van der Waals surface area contributed by atoms with Crippen LogP contribution in [-0.4, -0.2) is 33.4 Å². The van der Waals surface area contributed by atoms with E-state index in [-0.39, 0.29) is 22.8 Å². The highest BCUT2D eigenvalue weighted by atomic mass is 32.2. The number of nitrogens with zero attached hydrogens (tertiary/aromatic N) is 1. The lowest BCUT2D eigenvalue weighted by atomic mass is 9.80. The van der Waals surface area contributed by atoms with E-state index in [0.29, 0.717) is 6.42 Å². The van der Waals surface area contributed by atoms with Crippen molar-refractivity contribution >= 4 is 15.9 Å². The Kier molecular flexibility index (Phi) is 6.29. The van der Waals surface area contributed by atoms with Crippen molar-refractivity contribution in [3.63, 3.8) is 0 Å². The summed E-state index contributed by atoms with van der Waals surface area (Å²) in [5.41, 5.74) is 3.37. The Balaban J connectivity index is 1.71. The van der Waals surface area contributed by atoms with Crippen molar-refractivity contribution < 1.29 is 17.9 Å². The number of hydrogen-bond acceptors (Lipinski definition) is 4. The molecule has 0 bridgehead atoms. The number of aryl methyl sites for hydroxylation is 1. The number of nitrogens with two attached hydrogens (primary N) is 1. The standard InChI is InChI=1S/C22H28N2O4S/c1-15(16-7-10-20(11-8-16)29(23,26)27)24(2)22(25)14-18-6-4-5-17-13-19(28-3)9-12-21(17)18/h7-13,15,18H,4-6,14H2,1-3H3,(H2,23,26,27). The quantitative estimate of drug-likeness (QED) is 0.782. The Morgan fingerprint density at radius 3 is 2.55 bits per heavy atom. The van der Waals surface area contributed by atoms with E-state index in [1.807, 2.05) is 13.0 Å². The molecule has 0 fully saturated rings. The van der Waals surface area contributed by atoms with Gasteiger partial charge >= 0.3 is 0 Å². The monoisotopic (exact) mass is 416 g/mol. The number of ether oxygens (including phenoxy) is 1. The first kappa shape index (κ1) is 21.3. The fourth-order valence-electron chi connectivity index (χ4n) is 3.96. The van der Waals surface area contributed by atoms with Crippen LogP contribution in [0.1, 0.15) is 54.8 Å². The Morgan fingerprint density at radius 1 is 1.24 bits per heavy atom. The van der Waals surface area contributed by atoms with E-state index in [1.54, 1.807) is 31.2 Å². The molecule has 1 aliphatic rings. The largest absolute Gasteiger partial charge is 0.497 e. The Hall–Kier alpha value is -2.38. The van der Waals surface area contributed by atoms with Crippen LogP contribution in [0.15, 0.2) is 47.4 Å². The lowest BCUT2D eigenvalue weighted by Gasteiger charge is -2.30. The molecule has 2 N–H and O–H groups in total. The fourth-order valence-corrected chi connectivity index (χ4v) is 4.48. The highest BCUT2D eigenvalue weighted by Gasteiger charge is 2.26. The summed E-state index contributed by atoms with van der Waals surface area (Å²) in [5, 5.41) is 5.15. The topological polar surface area (TPSA) is 89.7 Å². The van der Waals surface area contributed by atoms with Crippen LogP contribution in [0.2, 0.25) is 0 Å². The molecule has 0 aromatic heterocycles. The lowest BCUT2D eigenvalue weighted by Crippen LogP contribution is -2.31. The van der Waals surface area contributed by atoms with E-state index < -0.39 is 10.0 Å². The summed E-state index contributed by atoms with van der Waals surface area (Å²) < 4.78 is 28.2. The number of hydrogen-bond donors (Lipinski definition) is 1. The van der Waals surface area contributed by atoms with E-state index in [9.17, 15) is 13.2 Å². The summed E-state index contributed by atoms with van der Waals surface area (Å²) in [6.07, 6.45) is 3.53. The number of fused-ring (bicyclic) bond motifs is 1. The molecule has 0 saturated carbocycles. The first-order valence-corrected chi connectivity index (χ1v) is 11.3. The van der Waals surface area contributed by atoms with Crippen LogP contribution in [-0.2, 0) is 21.2 Å². The molecule has 3 rings (SSSR count). The molecule has 2 atom stereocenters. The van der Waals surface area contributed by atoms with E-state index in [0.717, 1.165) is 30.6 Å². The van der Waals surface area contributed by atoms with Gasteiger partial charge in [0.15, 0.2) is 0 Å². The molecular weight excluding hydrogens is 388 g/mol. The van der Waals surface area contributed by atoms with Gasteiger partial charge in [0.2, 0.25) is 15.9 Å². The van der Waals surface area contributed by atoms with Crippen molar-refractivity contribution in [3.8, 4) is 5.75 Å². The molecule has 0 radical (unpaired) electrons. The van der Waals surface area contributed by atoms with Gasteiger partial charge in [0.1, 0.15) is 5.75 Å². The third kappa shape index (κ3) is 4.79. The summed E-state index contributed by atoms with van der Waals surface area (Å²) in [6, 6.07) is 12.3. The maximum Gasteiger partial charge on any atom is 0.238 e. The third-order valence-corrected chi connectivity index (χ3v) is 6.80. The number of amides is 1. The van der Waals surface area contributed by atoms with Crippen molar-refractivity contribution in [1.29, 1.82) is 0 Å². The molecule has 0 aliphatic heterocycles. The van der Waals surface area contributed by atoms with Crippen molar-refractivity contribution in [2.45, 2.75) is 49.5 Å². The number of rotatable bonds is 6. The van der Waals surface area contributed by atoms with Crippen molar-refractivity contribution in [2.75, 3.05) is 14.2 Å². The predicted octanol–water partition coefficient (Wildman–Crippen LogP) is 3.37. The van der Waals surface area contributed by atoms with Crippen LogP contribution in [0.25, 0.3) is 0 Å². The summed E-state index contributed by atoms with van der Waals surface area (Å²) in [5.74, 6) is 1.13. The van der Waals surface area contributed by atoms with Crippen LogP contribution >= 0.6 is 0 Å². The first-order valence-electron chi connectivity index (χ1n) is 9.76. The van der Waals surface area contributed by atoms with Crippen LogP contribution in [0.5, 0.6) is 5.75 Å². The second kappa shape index (κ2) is 8.55. The van der Waals surface area contributed by atoms with Gasteiger partial charge in [0.25, 0.3) is 0 Å². The molecule has 2 aromatic carbocycles. The van der Waals surface area contributed by atoms with E-state index in [1.165, 1.54) is 23.3 Å². The third-order valence-electron chi connectivity index (χ3n) is 5.88. The van der Waals surface area contributed by atoms with Gasteiger partial charge in [0.05, 0.1) is 18.0 Å². The molecule has 0 saturated heterocycles. The van der Waals surface area contributed by atoms with Gasteiger partial charge in [-0.1, -0.05) is 18.2 Å². The Labute approximate surface area is 172 Å². The van der Waals surface area contributed by atoms with E-state index >= 15 is 0 Å². The molecule has 0 spiro atoms. The SMILES string of the molecule is COc1ccc2c(c1)CCCC2CC(=O)N(C)C(C)c1ccc(S(N)(=O)=O)cc1. The summed E-state index contributed by atoms with van der Waals surface area (Å²) in [6.45, 7) is 1.93. The predicted molar refractivity (Wildman–Crippen MR) is 112 cm³/mol. The van der Waals surface area contributed by atoms with Gasteiger partial charge in [-0.05, 0) is 73.1 Å². The normalized spacial score (nSPS) is 17.3. The molecule has 2 unspecified atom stereocenters. The molecule has 0 heterocycles. The van der Waals surface area contributed by atoms with Gasteiger partial charge in [-0.2, -0.15) is 0 Å². The van der Waals surface area contributed by atoms with E-state index in [2.05, 4.69) is 12.1 Å². The smallest absolute Gasteiger partial charge is 0.238 e. The second-order valence-corrected chi connectivity index (χ2v) is 9.21. The van der Waals surface area contributed by atoms with E-state index in [4.69, 9.17) is 9.88 Å². The van der Waals surface area contributed by atoms with Crippen LogP contribution in [0, 0.1) is 0 Å². The number of methoxy groups -OCH3 is 1. The molecule has 7 heteroatoms. The molecule has 29 heavy (non-hydrogen) atoms. The minimum atomic E-state index is -3.72. The van der Waals surface area contributed by atoms with Gasteiger partial charge < -0.3 is 9.64 Å². The highest BCUT2D eigenvalue weighted by Crippen LogP contribution is 2.36. The van der Waals surface area contributed by atoms with Gasteiger partial charge in [-0.25, -0.2) is 13.6 Å². The summed E-state index contributed by atoms with van der Waals surface area (Å²) in [7, 11) is -0.270. The summed E-state index contributed by atoms with van der Waals surface area (Å²) >= 11 is 0. The molecule has 6 nitrogen and oxygen atoms in total. The minimum Gasteiger partial charge on any atom is -0.497 e. The van der Waals surface area contributed by atoms with Gasteiger partial charge in [-0.15, -0.1) is 0 Å². The maximum absolute atomic E-state index is 13.0. The molecule has 2 aromatic rings. The van der Waals surface area contributed by atoms with Crippen LogP contribution in [0.3, 0.4) is 0 Å². The Bertz CT molecular complexity index is 986. The number of carbonyl (C=O) groups is 1. The molecule has 1 amide bonds. The Morgan fingerprint density at radius 2 is 1.93 bits per heavy atom.